The normalized spacial score (nSPS) is 26.9. The van der Waals surface area contributed by atoms with Crippen LogP contribution in [0.25, 0.3) is 6.08 Å². The lowest BCUT2D eigenvalue weighted by Gasteiger charge is -2.61. The molecule has 4 bridgehead atoms. The molecule has 2 unspecified atom stereocenters. The number of methoxy groups -OCH3 is 1. The number of phenolic OH excluding ortho intramolecular Hbond substituents is 2. The van der Waals surface area contributed by atoms with Gasteiger partial charge in [0.25, 0.3) is 0 Å². The fraction of sp³-hybridized carbons (Fsp3) is 0.452. The number of esters is 1. The summed E-state index contributed by atoms with van der Waals surface area (Å²) in [6.45, 7) is 6.91. The van der Waals surface area contributed by atoms with E-state index in [0.29, 0.717) is 45.9 Å². The predicted molar refractivity (Wildman–Crippen MR) is 211 cm³/mol. The largest absolute Gasteiger partial charge is 0.507 e. The second kappa shape index (κ2) is 15.1. The summed E-state index contributed by atoms with van der Waals surface area (Å²) in [6.07, 6.45) is 2.40. The van der Waals surface area contributed by atoms with E-state index in [1.165, 1.54) is 24.9 Å². The average molecular weight is 801 g/mol. The summed E-state index contributed by atoms with van der Waals surface area (Å²) in [4.78, 5) is 44.9. The zero-order chi connectivity index (χ0) is 40.4. The summed E-state index contributed by atoms with van der Waals surface area (Å²) in [5, 5.41) is 41.4. The number of hydrogen-bond donors (Lipinski definition) is 5. The van der Waals surface area contributed by atoms with Crippen molar-refractivity contribution in [3.8, 4) is 28.7 Å². The summed E-state index contributed by atoms with van der Waals surface area (Å²) in [6, 6.07) is 6.88. The fourth-order valence-electron chi connectivity index (χ4n) is 9.35. The number of likely N-dealkylation sites (N-methyl/N-ethyl adjacent to an activating group) is 1. The van der Waals surface area contributed by atoms with Gasteiger partial charge in [-0.2, -0.15) is 0 Å². The van der Waals surface area contributed by atoms with Crippen LogP contribution in [0.1, 0.15) is 70.1 Å². The molecule has 0 saturated carbocycles. The van der Waals surface area contributed by atoms with Crippen molar-refractivity contribution in [2.24, 2.45) is 5.92 Å². The molecule has 2 fully saturated rings. The number of rotatable bonds is 7. The molecule has 3 aromatic rings. The van der Waals surface area contributed by atoms with E-state index >= 15 is 0 Å². The molecule has 2 saturated heterocycles. The molecule has 15 heteroatoms. The van der Waals surface area contributed by atoms with Crippen molar-refractivity contribution in [2.75, 3.05) is 33.3 Å². The quantitative estimate of drug-likeness (QED) is 0.173. The van der Waals surface area contributed by atoms with Crippen molar-refractivity contribution in [3.05, 3.63) is 81.4 Å². The van der Waals surface area contributed by atoms with Crippen LogP contribution in [-0.4, -0.2) is 107 Å². The number of thioether (sulfide) groups is 1. The SMILES string of the molecule is COc1c(C)cc2c(c1O)[C@H]1C3[C@@H]4SC[C@H](NC(=O)C(NC(=O)/C=C/c5ccccc5)C(C)C)C(=O)OC[C@@H](c5c6c(c(C)c(O)c54)OCO6)N3[C@@H](O)[C@@H](C2)N1C. The fourth-order valence-corrected chi connectivity index (χ4v) is 10.9. The molecule has 6 heterocycles. The molecule has 3 aromatic carbocycles. The molecule has 5 N–H and O–H groups in total. The summed E-state index contributed by atoms with van der Waals surface area (Å²) < 4.78 is 23.7. The van der Waals surface area contributed by atoms with Crippen LogP contribution in [0.15, 0.2) is 42.5 Å². The van der Waals surface area contributed by atoms with E-state index in [9.17, 15) is 29.7 Å². The number of carbonyl (C=O) groups excluding carboxylic acids is 3. The standard InChI is InChI=1S/C42H48N4O10S/c1-19(2)31(44-27(47)13-12-22-10-8-7-9-11-22)40(50)43-24-17-57-39-30-29(38-37(55-18-56-38)21(4)34(30)48)26(16-54-42(24)52)46-33(39)32-28-23(15-25(41(46)51)45(32)5)14-20(3)36(53-6)35(28)49/h7-14,19,24-26,31-33,39,41,48-49,51H,15-18H2,1-6H3,(H,43,50)(H,44,47)/b13-12+/t24-,25+,26-,31?,32-,33?,39+,41-/m0/s1. The van der Waals surface area contributed by atoms with Gasteiger partial charge in [-0.3, -0.25) is 19.4 Å². The number of aliphatic hydroxyl groups is 1. The molecular weight excluding hydrogens is 753 g/mol. The number of aliphatic hydroxyl groups excluding tert-OH is 1. The molecule has 9 rings (SSSR count). The molecular formula is C42H48N4O10S. The van der Waals surface area contributed by atoms with Crippen molar-refractivity contribution in [3.63, 3.8) is 0 Å². The van der Waals surface area contributed by atoms with Crippen molar-refractivity contribution < 1.29 is 48.7 Å². The Morgan fingerprint density at radius 2 is 1.77 bits per heavy atom. The second-order valence-electron chi connectivity index (χ2n) is 15.7. The van der Waals surface area contributed by atoms with E-state index < -0.39 is 65.5 Å². The van der Waals surface area contributed by atoms with Crippen LogP contribution >= 0.6 is 11.8 Å². The number of aryl methyl sites for hydroxylation is 1. The number of amides is 2. The molecule has 0 radical (unpaired) electrons. The summed E-state index contributed by atoms with van der Waals surface area (Å²) >= 11 is 1.33. The Kier molecular flexibility index (Phi) is 10.3. The Morgan fingerprint density at radius 1 is 1.04 bits per heavy atom. The molecule has 2 amide bonds. The third kappa shape index (κ3) is 6.44. The van der Waals surface area contributed by atoms with Crippen LogP contribution < -0.4 is 24.8 Å². The predicted octanol–water partition coefficient (Wildman–Crippen LogP) is 3.78. The summed E-state index contributed by atoms with van der Waals surface area (Å²) in [5.74, 6) is -0.834. The van der Waals surface area contributed by atoms with Crippen molar-refractivity contribution in [1.29, 1.82) is 0 Å². The van der Waals surface area contributed by atoms with Gasteiger partial charge in [0.15, 0.2) is 23.0 Å². The number of nitrogens with zero attached hydrogens (tertiary/aromatic N) is 2. The first-order chi connectivity index (χ1) is 27.3. The van der Waals surface area contributed by atoms with Crippen LogP contribution in [0.3, 0.4) is 0 Å². The van der Waals surface area contributed by atoms with Crippen LogP contribution in [0.2, 0.25) is 0 Å². The number of hydrogen-bond acceptors (Lipinski definition) is 13. The third-order valence-electron chi connectivity index (χ3n) is 12.1. The van der Waals surface area contributed by atoms with Gasteiger partial charge in [0, 0.05) is 40.1 Å². The Labute approximate surface area is 335 Å². The first-order valence-corrected chi connectivity index (χ1v) is 20.2. The zero-order valence-electron chi connectivity index (χ0n) is 32.6. The van der Waals surface area contributed by atoms with Gasteiger partial charge in [0.2, 0.25) is 18.6 Å². The first-order valence-electron chi connectivity index (χ1n) is 19.2. The van der Waals surface area contributed by atoms with E-state index in [1.54, 1.807) is 26.8 Å². The van der Waals surface area contributed by atoms with E-state index in [4.69, 9.17) is 18.9 Å². The number of ether oxygens (including phenoxy) is 4. The Bertz CT molecular complexity index is 2150. The smallest absolute Gasteiger partial charge is 0.329 e. The Balaban J connectivity index is 1.18. The summed E-state index contributed by atoms with van der Waals surface area (Å²) in [7, 11) is 3.44. The molecule has 57 heavy (non-hydrogen) atoms. The first kappa shape index (κ1) is 38.9. The lowest BCUT2D eigenvalue weighted by atomic mass is 9.73. The molecule has 6 aliphatic heterocycles. The van der Waals surface area contributed by atoms with Crippen LogP contribution in [0.4, 0.5) is 0 Å². The van der Waals surface area contributed by atoms with Crippen LogP contribution in [-0.2, 0) is 25.5 Å². The van der Waals surface area contributed by atoms with E-state index in [-0.39, 0.29) is 36.6 Å². The van der Waals surface area contributed by atoms with Gasteiger partial charge in [-0.05, 0) is 56.0 Å². The van der Waals surface area contributed by atoms with Crippen molar-refractivity contribution in [2.45, 2.75) is 81.8 Å². The van der Waals surface area contributed by atoms with E-state index in [1.807, 2.05) is 55.3 Å². The highest BCUT2D eigenvalue weighted by Crippen LogP contribution is 2.63. The van der Waals surface area contributed by atoms with Gasteiger partial charge in [0.05, 0.1) is 30.5 Å². The minimum atomic E-state index is -1.14. The minimum Gasteiger partial charge on any atom is -0.507 e. The number of aromatic hydroxyl groups is 2. The van der Waals surface area contributed by atoms with Gasteiger partial charge < -0.3 is 44.9 Å². The maximum absolute atomic E-state index is 14.0. The van der Waals surface area contributed by atoms with Gasteiger partial charge >= 0.3 is 5.97 Å². The highest BCUT2D eigenvalue weighted by molar-refractivity contribution is 7.99. The average Bonchev–Trinajstić information content (AvgIpc) is 3.68. The number of fused-ring (bicyclic) bond motifs is 10. The number of carbonyl (C=O) groups is 3. The van der Waals surface area contributed by atoms with Crippen molar-refractivity contribution >= 4 is 35.6 Å². The Morgan fingerprint density at radius 3 is 2.49 bits per heavy atom. The lowest BCUT2D eigenvalue weighted by Crippen LogP contribution is -2.69. The molecule has 0 aromatic heterocycles. The highest BCUT2D eigenvalue weighted by atomic mass is 32.2. The molecule has 14 nitrogen and oxygen atoms in total. The summed E-state index contributed by atoms with van der Waals surface area (Å²) in [5.41, 5.74) is 4.75. The lowest BCUT2D eigenvalue weighted by molar-refractivity contribution is -0.184. The minimum absolute atomic E-state index is 0.00367. The van der Waals surface area contributed by atoms with Gasteiger partial charge in [-0.15, -0.1) is 11.8 Å². The molecule has 0 aliphatic carbocycles. The Hall–Kier alpha value is -4.96. The number of phenols is 2. The van der Waals surface area contributed by atoms with Gasteiger partial charge in [-0.1, -0.05) is 50.2 Å². The molecule has 302 valence electrons. The van der Waals surface area contributed by atoms with Gasteiger partial charge in [-0.25, -0.2) is 4.79 Å². The molecule has 6 aliphatic rings. The monoisotopic (exact) mass is 800 g/mol. The topological polar surface area (TPSA) is 179 Å². The molecule has 8 atom stereocenters. The zero-order valence-corrected chi connectivity index (χ0v) is 33.5. The number of nitrogens with one attached hydrogen (secondary N) is 2. The number of piperazine rings is 1. The van der Waals surface area contributed by atoms with Crippen LogP contribution in [0, 0.1) is 19.8 Å². The van der Waals surface area contributed by atoms with Gasteiger partial charge in [0.1, 0.15) is 30.7 Å². The van der Waals surface area contributed by atoms with E-state index in [2.05, 4.69) is 15.5 Å². The maximum atomic E-state index is 14.0. The second-order valence-corrected chi connectivity index (χ2v) is 16.9. The van der Waals surface area contributed by atoms with E-state index in [0.717, 1.165) is 16.7 Å². The highest BCUT2D eigenvalue weighted by Gasteiger charge is 2.60. The third-order valence-corrected chi connectivity index (χ3v) is 13.5. The number of benzene rings is 3. The molecule has 0 spiro atoms. The van der Waals surface area contributed by atoms with Crippen molar-refractivity contribution in [1.82, 2.24) is 20.4 Å². The maximum Gasteiger partial charge on any atom is 0.329 e. The van der Waals surface area contributed by atoms with Crippen LogP contribution in [0.5, 0.6) is 28.7 Å².